The second-order valence-corrected chi connectivity index (χ2v) is 6.04. The van der Waals surface area contributed by atoms with Gasteiger partial charge >= 0.3 is 0 Å². The molecule has 18 heavy (non-hydrogen) atoms. The molecule has 4 heteroatoms. The monoisotopic (exact) mass is 318 g/mol. The molecule has 0 saturated carbocycles. The van der Waals surface area contributed by atoms with E-state index >= 15 is 0 Å². The van der Waals surface area contributed by atoms with Gasteiger partial charge in [-0.15, -0.1) is 0 Å². The molecule has 2 aromatic carbocycles. The van der Waals surface area contributed by atoms with Crippen molar-refractivity contribution in [1.82, 2.24) is 4.98 Å². The number of aromatic amines is 1. The maximum absolute atomic E-state index is 5.69. The lowest BCUT2D eigenvalue weighted by molar-refractivity contribution is 1.39. The molecule has 3 N–H and O–H groups in total. The minimum absolute atomic E-state index is 0.793. The van der Waals surface area contributed by atoms with E-state index in [4.69, 9.17) is 5.73 Å². The van der Waals surface area contributed by atoms with Crippen LogP contribution >= 0.6 is 27.7 Å². The van der Waals surface area contributed by atoms with Crippen LogP contribution in [0.15, 0.2) is 62.9 Å². The van der Waals surface area contributed by atoms with Crippen molar-refractivity contribution in [2.24, 2.45) is 0 Å². The number of fused-ring (bicyclic) bond motifs is 1. The Bertz CT molecular complexity index is 689. The number of nitrogens with one attached hydrogen (secondary N) is 1. The summed E-state index contributed by atoms with van der Waals surface area (Å²) in [6.07, 6.45) is 2.04. The molecule has 0 aliphatic heterocycles. The van der Waals surface area contributed by atoms with Gasteiger partial charge in [-0.05, 0) is 42.5 Å². The zero-order chi connectivity index (χ0) is 12.5. The van der Waals surface area contributed by atoms with E-state index in [1.54, 1.807) is 11.8 Å². The zero-order valence-electron chi connectivity index (χ0n) is 9.48. The fraction of sp³-hybridized carbons (Fsp3) is 0. The average molecular weight is 319 g/mol. The maximum atomic E-state index is 5.69. The smallest absolute Gasteiger partial charge is 0.0466 e. The van der Waals surface area contributed by atoms with E-state index in [-0.39, 0.29) is 0 Å². The van der Waals surface area contributed by atoms with E-state index in [1.807, 2.05) is 36.5 Å². The average Bonchev–Trinajstić information content (AvgIpc) is 2.75. The lowest BCUT2D eigenvalue weighted by Gasteiger charge is -2.01. The Morgan fingerprint density at radius 2 is 1.83 bits per heavy atom. The number of anilines is 1. The maximum Gasteiger partial charge on any atom is 0.0466 e. The topological polar surface area (TPSA) is 41.8 Å². The number of halogens is 1. The molecule has 0 bridgehead atoms. The summed E-state index contributed by atoms with van der Waals surface area (Å²) in [5, 5.41) is 1.23. The highest BCUT2D eigenvalue weighted by molar-refractivity contribution is 9.10. The van der Waals surface area contributed by atoms with Crippen LogP contribution in [0.2, 0.25) is 0 Å². The summed E-state index contributed by atoms with van der Waals surface area (Å²) in [5.41, 5.74) is 7.63. The third-order valence-electron chi connectivity index (χ3n) is 2.71. The Labute approximate surface area is 118 Å². The molecule has 3 rings (SSSR count). The fourth-order valence-electron chi connectivity index (χ4n) is 1.81. The fourth-order valence-corrected chi connectivity index (χ4v) is 3.10. The van der Waals surface area contributed by atoms with Gasteiger partial charge < -0.3 is 10.7 Å². The number of hydrogen-bond acceptors (Lipinski definition) is 2. The van der Waals surface area contributed by atoms with Crippen LogP contribution in [0, 0.1) is 0 Å². The predicted molar refractivity (Wildman–Crippen MR) is 81.0 cm³/mol. The SMILES string of the molecule is Nc1ccc(Sc2c[nH]c3ccc(Br)cc23)cc1. The lowest BCUT2D eigenvalue weighted by atomic mass is 10.2. The molecule has 0 amide bonds. The van der Waals surface area contributed by atoms with Crippen LogP contribution in [0.3, 0.4) is 0 Å². The van der Waals surface area contributed by atoms with Crippen molar-refractivity contribution in [2.45, 2.75) is 9.79 Å². The van der Waals surface area contributed by atoms with Crippen LogP contribution in [0.5, 0.6) is 0 Å². The van der Waals surface area contributed by atoms with Gasteiger partial charge in [-0.2, -0.15) is 0 Å². The van der Waals surface area contributed by atoms with E-state index in [2.05, 4.69) is 33.0 Å². The number of hydrogen-bond donors (Lipinski definition) is 2. The standard InChI is InChI=1S/C14H11BrN2S/c15-9-1-6-13-12(7-9)14(8-17-13)18-11-4-2-10(16)3-5-11/h1-8,17H,16H2. The number of nitrogens with two attached hydrogens (primary N) is 1. The molecule has 0 atom stereocenters. The van der Waals surface area contributed by atoms with E-state index in [1.165, 1.54) is 15.2 Å². The molecule has 0 aliphatic carbocycles. The number of aromatic nitrogens is 1. The minimum Gasteiger partial charge on any atom is -0.399 e. The van der Waals surface area contributed by atoms with Crippen molar-refractivity contribution in [2.75, 3.05) is 5.73 Å². The molecule has 3 aromatic rings. The zero-order valence-corrected chi connectivity index (χ0v) is 11.9. The Kier molecular flexibility index (Phi) is 3.06. The van der Waals surface area contributed by atoms with Crippen LogP contribution < -0.4 is 5.73 Å². The Balaban J connectivity index is 1.99. The third kappa shape index (κ3) is 2.26. The van der Waals surface area contributed by atoms with Crippen LogP contribution in [-0.2, 0) is 0 Å². The summed E-state index contributed by atoms with van der Waals surface area (Å²) < 4.78 is 1.09. The van der Waals surface area contributed by atoms with Gasteiger partial charge in [-0.1, -0.05) is 27.7 Å². The summed E-state index contributed by atoms with van der Waals surface area (Å²) in [6.45, 7) is 0. The molecule has 0 fully saturated rings. The van der Waals surface area contributed by atoms with Gasteiger partial charge in [0.05, 0.1) is 0 Å². The van der Waals surface area contributed by atoms with Crippen LogP contribution in [0.1, 0.15) is 0 Å². The summed E-state index contributed by atoms with van der Waals surface area (Å²) in [7, 11) is 0. The van der Waals surface area contributed by atoms with Gasteiger partial charge in [-0.3, -0.25) is 0 Å². The van der Waals surface area contributed by atoms with Gasteiger partial charge in [0, 0.05) is 37.1 Å². The quantitative estimate of drug-likeness (QED) is 0.674. The second-order valence-electron chi connectivity index (χ2n) is 4.01. The van der Waals surface area contributed by atoms with Crippen molar-refractivity contribution >= 4 is 44.3 Å². The predicted octanol–water partition coefficient (Wildman–Crippen LogP) is 4.66. The van der Waals surface area contributed by atoms with Crippen molar-refractivity contribution in [1.29, 1.82) is 0 Å². The van der Waals surface area contributed by atoms with Gasteiger partial charge in [-0.25, -0.2) is 0 Å². The molecule has 2 nitrogen and oxygen atoms in total. The van der Waals surface area contributed by atoms with Crippen LogP contribution in [0.4, 0.5) is 5.69 Å². The van der Waals surface area contributed by atoms with Crippen LogP contribution in [0.25, 0.3) is 10.9 Å². The summed E-state index contributed by atoms with van der Waals surface area (Å²) in [6, 6.07) is 14.2. The lowest BCUT2D eigenvalue weighted by Crippen LogP contribution is -1.82. The number of rotatable bonds is 2. The number of benzene rings is 2. The Hall–Kier alpha value is -1.39. The molecular formula is C14H11BrN2S. The highest BCUT2D eigenvalue weighted by Gasteiger charge is 2.05. The summed E-state index contributed by atoms with van der Waals surface area (Å²) >= 11 is 5.24. The van der Waals surface area contributed by atoms with Crippen molar-refractivity contribution in [3.8, 4) is 0 Å². The molecule has 1 aromatic heterocycles. The third-order valence-corrected chi connectivity index (χ3v) is 4.27. The van der Waals surface area contributed by atoms with Crippen molar-refractivity contribution in [3.63, 3.8) is 0 Å². The second kappa shape index (κ2) is 4.71. The minimum atomic E-state index is 0.793. The van der Waals surface area contributed by atoms with Gasteiger partial charge in [0.2, 0.25) is 0 Å². The number of H-pyrrole nitrogens is 1. The van der Waals surface area contributed by atoms with Crippen molar-refractivity contribution < 1.29 is 0 Å². The van der Waals surface area contributed by atoms with Gasteiger partial charge in [0.15, 0.2) is 0 Å². The first kappa shape index (κ1) is 11.7. The molecule has 0 radical (unpaired) electrons. The molecule has 0 unspecified atom stereocenters. The van der Waals surface area contributed by atoms with E-state index < -0.39 is 0 Å². The highest BCUT2D eigenvalue weighted by Crippen LogP contribution is 2.34. The summed E-state index contributed by atoms with van der Waals surface area (Å²) in [5.74, 6) is 0. The normalized spacial score (nSPS) is 10.9. The largest absolute Gasteiger partial charge is 0.399 e. The molecular weight excluding hydrogens is 308 g/mol. The van der Waals surface area contributed by atoms with Gasteiger partial charge in [0.25, 0.3) is 0 Å². The molecule has 0 spiro atoms. The first-order valence-corrected chi connectivity index (χ1v) is 7.13. The molecule has 0 saturated heterocycles. The van der Waals surface area contributed by atoms with E-state index in [9.17, 15) is 0 Å². The van der Waals surface area contributed by atoms with Crippen LogP contribution in [-0.4, -0.2) is 4.98 Å². The highest BCUT2D eigenvalue weighted by atomic mass is 79.9. The molecule has 1 heterocycles. The Morgan fingerprint density at radius 1 is 1.06 bits per heavy atom. The van der Waals surface area contributed by atoms with Gasteiger partial charge in [0.1, 0.15) is 0 Å². The molecule has 0 aliphatic rings. The summed E-state index contributed by atoms with van der Waals surface area (Å²) in [4.78, 5) is 5.68. The van der Waals surface area contributed by atoms with Crippen molar-refractivity contribution in [3.05, 3.63) is 53.1 Å². The first-order chi connectivity index (χ1) is 8.72. The van der Waals surface area contributed by atoms with E-state index in [0.717, 1.165) is 15.7 Å². The van der Waals surface area contributed by atoms with E-state index in [0.29, 0.717) is 0 Å². The Morgan fingerprint density at radius 3 is 2.61 bits per heavy atom. The first-order valence-electron chi connectivity index (χ1n) is 5.52. The number of nitrogen functional groups attached to an aromatic ring is 1. The molecule has 90 valence electrons.